The molecule has 1 aromatic carbocycles. The van der Waals surface area contributed by atoms with Crippen LogP contribution in [0.2, 0.25) is 0 Å². The number of nitrogens with zero attached hydrogens (tertiary/aromatic N) is 1. The van der Waals surface area contributed by atoms with Gasteiger partial charge in [0.2, 0.25) is 0 Å². The SMILES string of the molecule is Cc1cc(C#N)c(C)c(C(=O)CBr)c1. The minimum Gasteiger partial charge on any atom is -0.293 e. The number of ketones is 1. The monoisotopic (exact) mass is 251 g/mol. The van der Waals surface area contributed by atoms with Crippen molar-refractivity contribution in [2.24, 2.45) is 0 Å². The van der Waals surface area contributed by atoms with E-state index in [1.165, 1.54) is 0 Å². The first-order valence-electron chi connectivity index (χ1n) is 4.20. The van der Waals surface area contributed by atoms with Crippen LogP contribution < -0.4 is 0 Å². The predicted octanol–water partition coefficient (Wildman–Crippen LogP) is 2.75. The van der Waals surface area contributed by atoms with Gasteiger partial charge in [-0.05, 0) is 37.1 Å². The molecule has 0 spiro atoms. The van der Waals surface area contributed by atoms with Crippen molar-refractivity contribution in [2.45, 2.75) is 13.8 Å². The maximum Gasteiger partial charge on any atom is 0.173 e. The highest BCUT2D eigenvalue weighted by atomic mass is 79.9. The zero-order valence-corrected chi connectivity index (χ0v) is 9.68. The first-order chi connectivity index (χ1) is 6.60. The van der Waals surface area contributed by atoms with Gasteiger partial charge in [-0.2, -0.15) is 5.26 Å². The van der Waals surface area contributed by atoms with E-state index in [0.717, 1.165) is 11.1 Å². The summed E-state index contributed by atoms with van der Waals surface area (Å²) in [6.07, 6.45) is 0. The summed E-state index contributed by atoms with van der Waals surface area (Å²) < 4.78 is 0. The quantitative estimate of drug-likeness (QED) is 0.599. The smallest absolute Gasteiger partial charge is 0.173 e. The lowest BCUT2D eigenvalue weighted by Gasteiger charge is -2.06. The third-order valence-electron chi connectivity index (χ3n) is 2.09. The van der Waals surface area contributed by atoms with E-state index in [9.17, 15) is 4.79 Å². The number of benzene rings is 1. The van der Waals surface area contributed by atoms with E-state index in [2.05, 4.69) is 22.0 Å². The van der Waals surface area contributed by atoms with Crippen LogP contribution >= 0.6 is 15.9 Å². The zero-order chi connectivity index (χ0) is 10.7. The van der Waals surface area contributed by atoms with Crippen LogP contribution in [0, 0.1) is 25.2 Å². The standard InChI is InChI=1S/C11H10BrNO/c1-7-3-9(6-13)8(2)10(4-7)11(14)5-12/h3-4H,5H2,1-2H3. The molecular weight excluding hydrogens is 242 g/mol. The number of Topliss-reactive ketones (excluding diaryl/α,β-unsaturated/α-hetero) is 1. The van der Waals surface area contributed by atoms with Crippen molar-refractivity contribution in [3.8, 4) is 6.07 Å². The molecule has 0 aliphatic heterocycles. The minimum absolute atomic E-state index is 0.0164. The summed E-state index contributed by atoms with van der Waals surface area (Å²) in [6, 6.07) is 5.70. The molecule has 0 bridgehead atoms. The van der Waals surface area contributed by atoms with Gasteiger partial charge in [0, 0.05) is 5.56 Å². The molecule has 0 heterocycles. The Kier molecular flexibility index (Phi) is 3.43. The van der Waals surface area contributed by atoms with Crippen LogP contribution in [0.4, 0.5) is 0 Å². The second kappa shape index (κ2) is 4.39. The number of hydrogen-bond acceptors (Lipinski definition) is 2. The van der Waals surface area contributed by atoms with Gasteiger partial charge in [-0.3, -0.25) is 4.79 Å². The molecule has 2 nitrogen and oxygen atoms in total. The fraction of sp³-hybridized carbons (Fsp3) is 0.273. The molecule has 0 N–H and O–H groups in total. The maximum atomic E-state index is 11.5. The van der Waals surface area contributed by atoms with E-state index < -0.39 is 0 Å². The van der Waals surface area contributed by atoms with Crippen molar-refractivity contribution in [2.75, 3.05) is 5.33 Å². The lowest BCUT2D eigenvalue weighted by molar-refractivity contribution is 0.102. The predicted molar refractivity (Wildman–Crippen MR) is 58.8 cm³/mol. The van der Waals surface area contributed by atoms with Crippen molar-refractivity contribution in [3.63, 3.8) is 0 Å². The maximum absolute atomic E-state index is 11.5. The first-order valence-corrected chi connectivity index (χ1v) is 5.32. The van der Waals surface area contributed by atoms with E-state index in [4.69, 9.17) is 5.26 Å². The molecular formula is C11H10BrNO. The van der Waals surface area contributed by atoms with Crippen molar-refractivity contribution in [1.29, 1.82) is 5.26 Å². The Hall–Kier alpha value is -1.14. The lowest BCUT2D eigenvalue weighted by atomic mass is 9.98. The van der Waals surface area contributed by atoms with Gasteiger partial charge < -0.3 is 0 Å². The normalized spacial score (nSPS) is 9.57. The van der Waals surface area contributed by atoms with Gasteiger partial charge in [0.05, 0.1) is 17.0 Å². The Bertz CT molecular complexity index is 418. The van der Waals surface area contributed by atoms with E-state index in [-0.39, 0.29) is 5.78 Å². The molecule has 14 heavy (non-hydrogen) atoms. The zero-order valence-electron chi connectivity index (χ0n) is 8.10. The van der Waals surface area contributed by atoms with Gasteiger partial charge in [0.25, 0.3) is 0 Å². The minimum atomic E-state index is 0.0164. The highest BCUT2D eigenvalue weighted by Crippen LogP contribution is 2.17. The second-order valence-corrected chi connectivity index (χ2v) is 3.71. The molecule has 0 radical (unpaired) electrons. The Balaban J connectivity index is 3.38. The Morgan fingerprint density at radius 3 is 2.64 bits per heavy atom. The van der Waals surface area contributed by atoms with E-state index >= 15 is 0 Å². The van der Waals surface area contributed by atoms with Gasteiger partial charge in [0.15, 0.2) is 5.78 Å². The molecule has 0 unspecified atom stereocenters. The fourth-order valence-corrected chi connectivity index (χ4v) is 1.64. The van der Waals surface area contributed by atoms with Gasteiger partial charge in [-0.15, -0.1) is 0 Å². The summed E-state index contributed by atoms with van der Waals surface area (Å²) >= 11 is 3.12. The number of aryl methyl sites for hydroxylation is 1. The van der Waals surface area contributed by atoms with Crippen LogP contribution in [0.1, 0.15) is 27.0 Å². The van der Waals surface area contributed by atoms with Crippen LogP contribution in [0.15, 0.2) is 12.1 Å². The average molecular weight is 252 g/mol. The number of carbonyl (C=O) groups excluding carboxylic acids is 1. The number of rotatable bonds is 2. The number of nitriles is 1. The lowest BCUT2D eigenvalue weighted by Crippen LogP contribution is -2.04. The second-order valence-electron chi connectivity index (χ2n) is 3.15. The molecule has 1 rings (SSSR count). The van der Waals surface area contributed by atoms with Crippen molar-refractivity contribution >= 4 is 21.7 Å². The summed E-state index contributed by atoms with van der Waals surface area (Å²) in [5, 5.41) is 9.14. The first kappa shape index (κ1) is 10.9. The van der Waals surface area contributed by atoms with Crippen molar-refractivity contribution in [3.05, 3.63) is 34.4 Å². The van der Waals surface area contributed by atoms with E-state index in [0.29, 0.717) is 16.5 Å². The van der Waals surface area contributed by atoms with Crippen molar-refractivity contribution < 1.29 is 4.79 Å². The average Bonchev–Trinajstić information content (AvgIpc) is 2.19. The molecule has 0 aliphatic carbocycles. The topological polar surface area (TPSA) is 40.9 Å². The van der Waals surface area contributed by atoms with Crippen LogP contribution in [0.25, 0.3) is 0 Å². The van der Waals surface area contributed by atoms with Crippen LogP contribution in [-0.2, 0) is 0 Å². The molecule has 1 aromatic rings. The molecule has 0 amide bonds. The summed E-state index contributed by atoms with van der Waals surface area (Å²) in [7, 11) is 0. The Morgan fingerprint density at radius 1 is 1.50 bits per heavy atom. The van der Waals surface area contributed by atoms with Crippen molar-refractivity contribution in [1.82, 2.24) is 0 Å². The Morgan fingerprint density at radius 2 is 2.14 bits per heavy atom. The van der Waals surface area contributed by atoms with Gasteiger partial charge >= 0.3 is 0 Å². The third kappa shape index (κ3) is 2.02. The number of carbonyl (C=O) groups is 1. The van der Waals surface area contributed by atoms with Crippen LogP contribution in [0.3, 0.4) is 0 Å². The molecule has 0 atom stereocenters. The fourth-order valence-electron chi connectivity index (χ4n) is 1.34. The molecule has 72 valence electrons. The highest BCUT2D eigenvalue weighted by Gasteiger charge is 2.11. The number of halogens is 1. The third-order valence-corrected chi connectivity index (χ3v) is 2.60. The van der Waals surface area contributed by atoms with Crippen LogP contribution in [0.5, 0.6) is 0 Å². The van der Waals surface area contributed by atoms with E-state index in [1.807, 2.05) is 13.0 Å². The molecule has 0 aliphatic rings. The summed E-state index contributed by atoms with van der Waals surface area (Å²) in [5.74, 6) is 0.0164. The largest absolute Gasteiger partial charge is 0.293 e. The van der Waals surface area contributed by atoms with Gasteiger partial charge in [-0.25, -0.2) is 0 Å². The van der Waals surface area contributed by atoms with E-state index in [1.54, 1.807) is 13.0 Å². The number of hydrogen-bond donors (Lipinski definition) is 0. The Labute approximate surface area is 91.7 Å². The summed E-state index contributed by atoms with van der Waals surface area (Å²) in [5.41, 5.74) is 2.92. The summed E-state index contributed by atoms with van der Waals surface area (Å²) in [6.45, 7) is 3.68. The number of alkyl halides is 1. The molecule has 3 heteroatoms. The molecule has 0 aromatic heterocycles. The van der Waals surface area contributed by atoms with Gasteiger partial charge in [0.1, 0.15) is 0 Å². The molecule has 0 saturated carbocycles. The molecule has 0 saturated heterocycles. The summed E-state index contributed by atoms with van der Waals surface area (Å²) in [4.78, 5) is 11.5. The van der Waals surface area contributed by atoms with Gasteiger partial charge in [-0.1, -0.05) is 15.9 Å². The van der Waals surface area contributed by atoms with Crippen LogP contribution in [-0.4, -0.2) is 11.1 Å². The molecule has 0 fully saturated rings. The highest BCUT2D eigenvalue weighted by molar-refractivity contribution is 9.09.